The van der Waals surface area contributed by atoms with Gasteiger partial charge >= 0.3 is 0 Å². The number of benzene rings is 1. The number of nitrogens with two attached hydrogens (primary N) is 1. The smallest absolute Gasteiger partial charge is 0.162 e. The molecule has 0 fully saturated rings. The van der Waals surface area contributed by atoms with Gasteiger partial charge in [-0.2, -0.15) is 0 Å². The molecule has 0 saturated carbocycles. The zero-order chi connectivity index (χ0) is 12.4. The van der Waals surface area contributed by atoms with Crippen molar-refractivity contribution in [1.82, 2.24) is 9.97 Å². The normalized spacial score (nSPS) is 10.5. The lowest BCUT2D eigenvalue weighted by atomic mass is 10.0. The van der Waals surface area contributed by atoms with Gasteiger partial charge in [-0.25, -0.2) is 9.97 Å². The van der Waals surface area contributed by atoms with Crippen LogP contribution in [0, 0.1) is 10.5 Å². The third-order valence-corrected chi connectivity index (χ3v) is 4.01. The molecule has 0 atom stereocenters. The fourth-order valence-corrected chi connectivity index (χ4v) is 1.99. The van der Waals surface area contributed by atoms with E-state index in [2.05, 4.69) is 45.5 Å². The van der Waals surface area contributed by atoms with Crippen molar-refractivity contribution in [2.45, 2.75) is 20.3 Å². The zero-order valence-electron chi connectivity index (χ0n) is 9.87. The SMILES string of the molecule is CCc1ccccc1-c1nc(C)c(I)c(N)n1. The van der Waals surface area contributed by atoms with Gasteiger partial charge in [-0.1, -0.05) is 31.2 Å². The van der Waals surface area contributed by atoms with Gasteiger partial charge in [-0.3, -0.25) is 0 Å². The van der Waals surface area contributed by atoms with Gasteiger partial charge in [-0.05, 0) is 41.5 Å². The Balaban J connectivity index is 2.61. The van der Waals surface area contributed by atoms with Crippen LogP contribution < -0.4 is 5.73 Å². The Hall–Kier alpha value is -1.17. The van der Waals surface area contributed by atoms with Gasteiger partial charge in [0.1, 0.15) is 5.82 Å². The Morgan fingerprint density at radius 2 is 1.94 bits per heavy atom. The quantitative estimate of drug-likeness (QED) is 0.855. The van der Waals surface area contributed by atoms with Crippen LogP contribution in [0.4, 0.5) is 5.82 Å². The van der Waals surface area contributed by atoms with Gasteiger partial charge in [-0.15, -0.1) is 0 Å². The van der Waals surface area contributed by atoms with Crippen molar-refractivity contribution in [3.63, 3.8) is 0 Å². The predicted octanol–water partition coefficient (Wildman–Crippen LogP) is 3.20. The van der Waals surface area contributed by atoms with Crippen LogP contribution >= 0.6 is 22.6 Å². The van der Waals surface area contributed by atoms with Crippen LogP contribution in [0.25, 0.3) is 11.4 Å². The third kappa shape index (κ3) is 2.41. The molecule has 0 unspecified atom stereocenters. The molecule has 1 aromatic heterocycles. The van der Waals surface area contributed by atoms with E-state index < -0.39 is 0 Å². The van der Waals surface area contributed by atoms with Crippen LogP contribution in [0.3, 0.4) is 0 Å². The molecule has 0 spiro atoms. The summed E-state index contributed by atoms with van der Waals surface area (Å²) in [6, 6.07) is 8.18. The van der Waals surface area contributed by atoms with Crippen LogP contribution in [0.1, 0.15) is 18.2 Å². The molecule has 0 aliphatic carbocycles. The van der Waals surface area contributed by atoms with Crippen molar-refractivity contribution < 1.29 is 0 Å². The fourth-order valence-electron chi connectivity index (χ4n) is 1.75. The van der Waals surface area contributed by atoms with E-state index in [0.29, 0.717) is 5.82 Å². The maximum absolute atomic E-state index is 5.89. The topological polar surface area (TPSA) is 51.8 Å². The minimum atomic E-state index is 0.555. The van der Waals surface area contributed by atoms with Crippen LogP contribution in [0.2, 0.25) is 0 Å². The average Bonchev–Trinajstić information content (AvgIpc) is 2.35. The number of nitrogen functional groups attached to an aromatic ring is 1. The van der Waals surface area contributed by atoms with Gasteiger partial charge in [0.05, 0.1) is 9.26 Å². The molecule has 17 heavy (non-hydrogen) atoms. The molecule has 0 amide bonds. The van der Waals surface area contributed by atoms with Gasteiger partial charge < -0.3 is 5.73 Å². The number of hydrogen-bond donors (Lipinski definition) is 1. The van der Waals surface area contributed by atoms with E-state index in [-0.39, 0.29) is 0 Å². The molecule has 0 radical (unpaired) electrons. The van der Waals surface area contributed by atoms with E-state index in [1.807, 2.05) is 25.1 Å². The summed E-state index contributed by atoms with van der Waals surface area (Å²) in [5.74, 6) is 1.27. The first-order valence-corrected chi connectivity index (χ1v) is 6.59. The Labute approximate surface area is 115 Å². The zero-order valence-corrected chi connectivity index (χ0v) is 12.0. The van der Waals surface area contributed by atoms with E-state index in [1.54, 1.807) is 0 Å². The molecule has 0 aliphatic heterocycles. The third-order valence-electron chi connectivity index (χ3n) is 2.68. The average molecular weight is 339 g/mol. The van der Waals surface area contributed by atoms with E-state index in [1.165, 1.54) is 5.56 Å². The molecular formula is C13H14IN3. The summed E-state index contributed by atoms with van der Waals surface area (Å²) in [6.45, 7) is 4.08. The number of halogens is 1. The molecule has 2 aromatic rings. The van der Waals surface area contributed by atoms with Crippen molar-refractivity contribution in [3.05, 3.63) is 39.1 Å². The Morgan fingerprint density at radius 1 is 1.24 bits per heavy atom. The lowest BCUT2D eigenvalue weighted by Crippen LogP contribution is -2.03. The van der Waals surface area contributed by atoms with E-state index in [9.17, 15) is 0 Å². The number of nitrogens with zero attached hydrogens (tertiary/aromatic N) is 2. The maximum Gasteiger partial charge on any atom is 0.162 e. The number of anilines is 1. The largest absolute Gasteiger partial charge is 0.383 e. The number of hydrogen-bond acceptors (Lipinski definition) is 3. The highest BCUT2D eigenvalue weighted by molar-refractivity contribution is 14.1. The predicted molar refractivity (Wildman–Crippen MR) is 78.7 cm³/mol. The van der Waals surface area contributed by atoms with Gasteiger partial charge in [0.2, 0.25) is 0 Å². The van der Waals surface area contributed by atoms with Crippen molar-refractivity contribution in [3.8, 4) is 11.4 Å². The fraction of sp³-hybridized carbons (Fsp3) is 0.231. The van der Waals surface area contributed by atoms with E-state index in [0.717, 1.165) is 27.1 Å². The molecule has 4 heteroatoms. The Morgan fingerprint density at radius 3 is 2.59 bits per heavy atom. The number of rotatable bonds is 2. The summed E-state index contributed by atoms with van der Waals surface area (Å²) in [7, 11) is 0. The minimum Gasteiger partial charge on any atom is -0.383 e. The second-order valence-corrected chi connectivity index (χ2v) is 4.92. The van der Waals surface area contributed by atoms with Crippen molar-refractivity contribution in [2.24, 2.45) is 0 Å². The second-order valence-electron chi connectivity index (χ2n) is 3.84. The van der Waals surface area contributed by atoms with Crippen LogP contribution in [0.5, 0.6) is 0 Å². The summed E-state index contributed by atoms with van der Waals surface area (Å²) in [6.07, 6.45) is 0.963. The molecule has 88 valence electrons. The minimum absolute atomic E-state index is 0.555. The van der Waals surface area contributed by atoms with E-state index >= 15 is 0 Å². The number of aromatic nitrogens is 2. The Bertz CT molecular complexity index is 529. The number of aryl methyl sites for hydroxylation is 2. The van der Waals surface area contributed by atoms with Crippen LogP contribution in [-0.2, 0) is 6.42 Å². The highest BCUT2D eigenvalue weighted by Crippen LogP contribution is 2.24. The lowest BCUT2D eigenvalue weighted by Gasteiger charge is -2.09. The first-order chi connectivity index (χ1) is 8.13. The first-order valence-electron chi connectivity index (χ1n) is 5.51. The van der Waals surface area contributed by atoms with Crippen molar-refractivity contribution >= 4 is 28.4 Å². The summed E-state index contributed by atoms with van der Waals surface area (Å²) in [5, 5.41) is 0. The molecule has 1 aromatic carbocycles. The highest BCUT2D eigenvalue weighted by Gasteiger charge is 2.10. The van der Waals surface area contributed by atoms with Crippen LogP contribution in [-0.4, -0.2) is 9.97 Å². The molecule has 1 heterocycles. The van der Waals surface area contributed by atoms with Crippen molar-refractivity contribution in [2.75, 3.05) is 5.73 Å². The van der Waals surface area contributed by atoms with E-state index in [4.69, 9.17) is 5.73 Å². The molecule has 2 N–H and O–H groups in total. The Kier molecular flexibility index (Phi) is 3.61. The maximum atomic E-state index is 5.89. The van der Waals surface area contributed by atoms with Crippen molar-refractivity contribution in [1.29, 1.82) is 0 Å². The molecule has 0 aliphatic rings. The summed E-state index contributed by atoms with van der Waals surface area (Å²) >= 11 is 2.17. The summed E-state index contributed by atoms with van der Waals surface area (Å²) in [4.78, 5) is 8.89. The molecule has 0 bridgehead atoms. The summed E-state index contributed by atoms with van der Waals surface area (Å²) < 4.78 is 0.931. The molecule has 3 nitrogen and oxygen atoms in total. The standard InChI is InChI=1S/C13H14IN3/c1-3-9-6-4-5-7-10(9)13-16-8(2)11(14)12(15)17-13/h4-7H,3H2,1-2H3,(H2,15,16,17). The summed E-state index contributed by atoms with van der Waals surface area (Å²) in [5.41, 5.74) is 9.13. The molecule has 2 rings (SSSR count). The highest BCUT2D eigenvalue weighted by atomic mass is 127. The first kappa shape index (κ1) is 12.3. The molecule has 0 saturated heterocycles. The second kappa shape index (κ2) is 5.00. The van der Waals surface area contributed by atoms with Gasteiger partial charge in [0, 0.05) is 5.56 Å². The molecular weight excluding hydrogens is 325 g/mol. The van der Waals surface area contributed by atoms with Gasteiger partial charge in [0.25, 0.3) is 0 Å². The lowest BCUT2D eigenvalue weighted by molar-refractivity contribution is 1.07. The van der Waals surface area contributed by atoms with Crippen LogP contribution in [0.15, 0.2) is 24.3 Å². The van der Waals surface area contributed by atoms with Gasteiger partial charge in [0.15, 0.2) is 5.82 Å². The monoisotopic (exact) mass is 339 g/mol.